The molecule has 1 aromatic rings. The highest BCUT2D eigenvalue weighted by Gasteiger charge is 2.46. The van der Waals surface area contributed by atoms with E-state index in [2.05, 4.69) is 0 Å². The first kappa shape index (κ1) is 14.3. The third-order valence-corrected chi connectivity index (χ3v) is 3.18. The van der Waals surface area contributed by atoms with Crippen molar-refractivity contribution in [1.82, 2.24) is 0 Å². The predicted octanol–water partition coefficient (Wildman–Crippen LogP) is 2.09. The first-order valence-corrected chi connectivity index (χ1v) is 6.15. The van der Waals surface area contributed by atoms with Gasteiger partial charge in [-0.05, 0) is 11.6 Å². The molecule has 0 bridgehead atoms. The number of halogens is 1. The summed E-state index contributed by atoms with van der Waals surface area (Å²) in [5.41, 5.74) is 0.140. The Kier molecular flexibility index (Phi) is 3.41. The van der Waals surface area contributed by atoms with E-state index in [0.717, 1.165) is 6.07 Å². The van der Waals surface area contributed by atoms with Crippen LogP contribution in [0.2, 0.25) is 0 Å². The van der Waals surface area contributed by atoms with Crippen LogP contribution in [0.3, 0.4) is 0 Å². The molecule has 1 unspecified atom stereocenters. The molecule has 1 fully saturated rings. The zero-order chi connectivity index (χ0) is 15.1. The van der Waals surface area contributed by atoms with E-state index in [1.165, 1.54) is 32.9 Å². The van der Waals surface area contributed by atoms with Crippen LogP contribution in [0.4, 0.5) is 4.39 Å². The highest BCUT2D eigenvalue weighted by molar-refractivity contribution is 5.97. The number of carbonyl (C=O) groups is 2. The summed E-state index contributed by atoms with van der Waals surface area (Å²) < 4.78 is 23.8. The minimum absolute atomic E-state index is 0.140. The summed E-state index contributed by atoms with van der Waals surface area (Å²) in [6, 6.07) is 3.54. The molecule has 1 N–H and O–H groups in total. The van der Waals surface area contributed by atoms with Gasteiger partial charge < -0.3 is 14.6 Å². The highest BCUT2D eigenvalue weighted by Crippen LogP contribution is 2.34. The Morgan fingerprint density at radius 1 is 1.25 bits per heavy atom. The van der Waals surface area contributed by atoms with Crippen molar-refractivity contribution in [3.8, 4) is 5.75 Å². The second-order valence-electron chi connectivity index (χ2n) is 5.21. The van der Waals surface area contributed by atoms with E-state index < -0.39 is 35.4 Å². The van der Waals surface area contributed by atoms with E-state index in [9.17, 15) is 19.1 Å². The third kappa shape index (κ3) is 2.59. The number of hydrogen-bond acceptors (Lipinski definition) is 5. The lowest BCUT2D eigenvalue weighted by Crippen LogP contribution is -2.47. The highest BCUT2D eigenvalue weighted by atomic mass is 19.1. The molecular formula is C14H15FO5. The van der Waals surface area contributed by atoms with Gasteiger partial charge in [-0.25, -0.2) is 4.39 Å². The fourth-order valence-corrected chi connectivity index (χ4v) is 2.20. The van der Waals surface area contributed by atoms with Gasteiger partial charge in [0, 0.05) is 25.8 Å². The Morgan fingerprint density at radius 2 is 1.80 bits per heavy atom. The van der Waals surface area contributed by atoms with E-state index in [4.69, 9.17) is 9.47 Å². The summed E-state index contributed by atoms with van der Waals surface area (Å²) in [5.74, 6) is -5.69. The lowest BCUT2D eigenvalue weighted by atomic mass is 9.86. The minimum Gasteiger partial charge on any atom is -0.508 e. The van der Waals surface area contributed by atoms with E-state index in [1.807, 2.05) is 0 Å². The zero-order valence-corrected chi connectivity index (χ0v) is 11.3. The number of esters is 2. The first-order valence-electron chi connectivity index (χ1n) is 6.15. The van der Waals surface area contributed by atoms with Gasteiger partial charge in [0.25, 0.3) is 5.79 Å². The smallest absolute Gasteiger partial charge is 0.324 e. The van der Waals surface area contributed by atoms with Gasteiger partial charge in [0.15, 0.2) is 5.92 Å². The molecular weight excluding hydrogens is 267 g/mol. The molecule has 1 heterocycles. The Hall–Kier alpha value is -2.11. The van der Waals surface area contributed by atoms with Crippen molar-refractivity contribution in [2.24, 2.45) is 5.92 Å². The van der Waals surface area contributed by atoms with Crippen LogP contribution in [0.25, 0.3) is 0 Å². The summed E-state index contributed by atoms with van der Waals surface area (Å²) >= 11 is 0. The van der Waals surface area contributed by atoms with Crippen molar-refractivity contribution in [2.75, 3.05) is 0 Å². The normalized spacial score (nSPS) is 20.2. The summed E-state index contributed by atoms with van der Waals surface area (Å²) in [6.45, 7) is 4.43. The molecule has 1 atom stereocenters. The molecule has 20 heavy (non-hydrogen) atoms. The largest absolute Gasteiger partial charge is 0.508 e. The maximum Gasteiger partial charge on any atom is 0.324 e. The summed E-state index contributed by atoms with van der Waals surface area (Å²) in [4.78, 5) is 23.8. The Labute approximate surface area is 115 Å². The average Bonchev–Trinajstić information content (AvgIpc) is 2.25. The van der Waals surface area contributed by atoms with Gasteiger partial charge in [0.05, 0.1) is 0 Å². The lowest BCUT2D eigenvalue weighted by Gasteiger charge is -2.35. The Bertz CT molecular complexity index is 547. The van der Waals surface area contributed by atoms with Crippen molar-refractivity contribution < 1.29 is 28.6 Å². The maximum atomic E-state index is 13.8. The topological polar surface area (TPSA) is 72.8 Å². The number of rotatable bonds is 2. The average molecular weight is 282 g/mol. The van der Waals surface area contributed by atoms with Crippen molar-refractivity contribution >= 4 is 11.9 Å². The SMILES string of the molecule is CC(c1ccc(O)cc1F)C1C(=O)OC(C)(C)OC1=O. The van der Waals surface area contributed by atoms with Gasteiger partial charge in [0.2, 0.25) is 0 Å². The molecule has 6 heteroatoms. The van der Waals surface area contributed by atoms with Gasteiger partial charge in [-0.2, -0.15) is 0 Å². The number of aromatic hydroxyl groups is 1. The van der Waals surface area contributed by atoms with Crippen LogP contribution in [0.1, 0.15) is 32.3 Å². The molecule has 0 radical (unpaired) electrons. The lowest BCUT2D eigenvalue weighted by molar-refractivity contribution is -0.240. The molecule has 108 valence electrons. The predicted molar refractivity (Wildman–Crippen MR) is 66.2 cm³/mol. The monoisotopic (exact) mass is 282 g/mol. The molecule has 1 aromatic carbocycles. The van der Waals surface area contributed by atoms with E-state index in [-0.39, 0.29) is 11.3 Å². The molecule has 2 rings (SSSR count). The number of ether oxygens (including phenoxy) is 2. The molecule has 0 saturated carbocycles. The zero-order valence-electron chi connectivity index (χ0n) is 11.3. The molecule has 1 saturated heterocycles. The molecule has 0 aliphatic carbocycles. The fourth-order valence-electron chi connectivity index (χ4n) is 2.20. The van der Waals surface area contributed by atoms with Crippen LogP contribution in [0, 0.1) is 11.7 Å². The summed E-state index contributed by atoms with van der Waals surface area (Å²) in [5, 5.41) is 9.18. The van der Waals surface area contributed by atoms with E-state index >= 15 is 0 Å². The van der Waals surface area contributed by atoms with E-state index in [1.54, 1.807) is 0 Å². The fraction of sp³-hybridized carbons (Fsp3) is 0.429. The summed E-state index contributed by atoms with van der Waals surface area (Å²) in [7, 11) is 0. The third-order valence-electron chi connectivity index (χ3n) is 3.18. The van der Waals surface area contributed by atoms with E-state index in [0.29, 0.717) is 0 Å². The molecule has 1 aliphatic heterocycles. The van der Waals surface area contributed by atoms with Crippen LogP contribution in [-0.2, 0) is 19.1 Å². The van der Waals surface area contributed by atoms with Crippen LogP contribution in [0.5, 0.6) is 5.75 Å². The second kappa shape index (κ2) is 4.77. The number of hydrogen-bond donors (Lipinski definition) is 1. The van der Waals surface area contributed by atoms with Crippen molar-refractivity contribution in [1.29, 1.82) is 0 Å². The Balaban J connectivity index is 2.31. The van der Waals surface area contributed by atoms with Crippen LogP contribution in [0.15, 0.2) is 18.2 Å². The molecule has 5 nitrogen and oxygen atoms in total. The molecule has 0 aromatic heterocycles. The van der Waals surface area contributed by atoms with Gasteiger partial charge in [0.1, 0.15) is 11.6 Å². The van der Waals surface area contributed by atoms with Crippen molar-refractivity contribution in [3.63, 3.8) is 0 Å². The standard InChI is InChI=1S/C14H15FO5/c1-7(9-5-4-8(16)6-10(9)15)11-12(17)19-14(2,3)20-13(11)18/h4-7,11,16H,1-3H3. The number of benzene rings is 1. The molecule has 0 spiro atoms. The van der Waals surface area contributed by atoms with Crippen LogP contribution < -0.4 is 0 Å². The first-order chi connectivity index (χ1) is 9.21. The van der Waals surface area contributed by atoms with Gasteiger partial charge >= 0.3 is 11.9 Å². The summed E-state index contributed by atoms with van der Waals surface area (Å²) in [6.07, 6.45) is 0. The molecule has 1 aliphatic rings. The van der Waals surface area contributed by atoms with Crippen LogP contribution >= 0.6 is 0 Å². The number of phenols is 1. The van der Waals surface area contributed by atoms with Gasteiger partial charge in [-0.1, -0.05) is 13.0 Å². The maximum absolute atomic E-state index is 13.8. The van der Waals surface area contributed by atoms with Crippen molar-refractivity contribution in [2.45, 2.75) is 32.5 Å². The quantitative estimate of drug-likeness (QED) is 0.664. The second-order valence-corrected chi connectivity index (χ2v) is 5.21. The van der Waals surface area contributed by atoms with Crippen LogP contribution in [-0.4, -0.2) is 22.8 Å². The van der Waals surface area contributed by atoms with Gasteiger partial charge in [-0.3, -0.25) is 9.59 Å². The van der Waals surface area contributed by atoms with Gasteiger partial charge in [-0.15, -0.1) is 0 Å². The number of phenolic OH excluding ortho intramolecular Hbond substituents is 1. The Morgan fingerprint density at radius 3 is 2.30 bits per heavy atom. The number of carbonyl (C=O) groups excluding carboxylic acids is 2. The number of cyclic esters (lactones) is 2. The minimum atomic E-state index is -1.31. The van der Waals surface area contributed by atoms with Crippen molar-refractivity contribution in [3.05, 3.63) is 29.6 Å². The molecule has 0 amide bonds.